The molecule has 1 amide bonds. The van der Waals surface area contributed by atoms with E-state index in [-0.39, 0.29) is 0 Å². The molecule has 0 radical (unpaired) electrons. The molecular formula is C18H13F3N4O. The third-order valence-corrected chi connectivity index (χ3v) is 4.23. The van der Waals surface area contributed by atoms with E-state index in [1.165, 1.54) is 12.1 Å². The van der Waals surface area contributed by atoms with Crippen LogP contribution in [0.5, 0.6) is 0 Å². The number of halogens is 3. The van der Waals surface area contributed by atoms with Gasteiger partial charge in [0.1, 0.15) is 0 Å². The van der Waals surface area contributed by atoms with Gasteiger partial charge in [-0.2, -0.15) is 18.3 Å². The van der Waals surface area contributed by atoms with E-state index in [2.05, 4.69) is 10.4 Å². The molecule has 0 bridgehead atoms. The van der Waals surface area contributed by atoms with E-state index in [1.54, 1.807) is 28.4 Å². The normalized spacial score (nSPS) is 12.0. The molecule has 0 fully saturated rings. The second-order valence-corrected chi connectivity index (χ2v) is 5.91. The maximum absolute atomic E-state index is 12.8. The highest BCUT2D eigenvalue weighted by Crippen LogP contribution is 2.34. The first-order valence-corrected chi connectivity index (χ1v) is 7.74. The van der Waals surface area contributed by atoms with Crippen LogP contribution >= 0.6 is 0 Å². The summed E-state index contributed by atoms with van der Waals surface area (Å²) < 4.78 is 41.9. The number of hydrogen-bond donors (Lipinski definition) is 1. The molecule has 0 atom stereocenters. The zero-order valence-corrected chi connectivity index (χ0v) is 13.6. The van der Waals surface area contributed by atoms with Crippen molar-refractivity contribution >= 4 is 34.0 Å². The van der Waals surface area contributed by atoms with Gasteiger partial charge >= 0.3 is 6.18 Å². The monoisotopic (exact) mass is 358 g/mol. The quantitative estimate of drug-likeness (QED) is 0.561. The molecule has 0 saturated heterocycles. The van der Waals surface area contributed by atoms with E-state index in [0.717, 1.165) is 28.4 Å². The summed E-state index contributed by atoms with van der Waals surface area (Å²) in [6.45, 7) is 0. The van der Waals surface area contributed by atoms with E-state index in [1.807, 2.05) is 12.3 Å². The highest BCUT2D eigenvalue weighted by Gasteiger charge is 2.30. The number of carbonyl (C=O) groups is 1. The number of aryl methyl sites for hydroxylation is 1. The van der Waals surface area contributed by atoms with Crippen molar-refractivity contribution in [1.82, 2.24) is 14.3 Å². The summed E-state index contributed by atoms with van der Waals surface area (Å²) in [7, 11) is 1.77. The molecule has 0 aliphatic carbocycles. The Morgan fingerprint density at radius 1 is 1.08 bits per heavy atom. The predicted molar refractivity (Wildman–Crippen MR) is 92.2 cm³/mol. The second kappa shape index (κ2) is 5.62. The Balaban J connectivity index is 1.97. The predicted octanol–water partition coefficient (Wildman–Crippen LogP) is 4.10. The Morgan fingerprint density at radius 2 is 1.81 bits per heavy atom. The van der Waals surface area contributed by atoms with Gasteiger partial charge in [0.15, 0.2) is 5.65 Å². The van der Waals surface area contributed by atoms with Crippen LogP contribution in [0.25, 0.3) is 27.6 Å². The maximum Gasteiger partial charge on any atom is 0.416 e. The number of amides is 1. The maximum atomic E-state index is 12.8. The van der Waals surface area contributed by atoms with Gasteiger partial charge in [-0.05, 0) is 42.5 Å². The Morgan fingerprint density at radius 3 is 2.46 bits per heavy atom. The summed E-state index contributed by atoms with van der Waals surface area (Å²) in [5, 5.41) is 8.73. The van der Waals surface area contributed by atoms with Crippen molar-refractivity contribution in [1.29, 1.82) is 0 Å². The molecule has 0 aliphatic rings. The fourth-order valence-electron chi connectivity index (χ4n) is 3.11. The molecule has 26 heavy (non-hydrogen) atoms. The third-order valence-electron chi connectivity index (χ3n) is 4.23. The number of carbonyl (C=O) groups excluding carboxylic acids is 1. The average Bonchev–Trinajstić information content (AvgIpc) is 3.09. The zero-order valence-electron chi connectivity index (χ0n) is 13.6. The van der Waals surface area contributed by atoms with Crippen molar-refractivity contribution in [3.63, 3.8) is 0 Å². The number of benzene rings is 2. The molecule has 132 valence electrons. The van der Waals surface area contributed by atoms with Crippen LogP contribution < -0.4 is 5.32 Å². The number of aromatic nitrogens is 3. The molecule has 0 spiro atoms. The van der Waals surface area contributed by atoms with E-state index in [4.69, 9.17) is 0 Å². The van der Waals surface area contributed by atoms with Crippen molar-refractivity contribution in [3.05, 3.63) is 54.2 Å². The van der Waals surface area contributed by atoms with Gasteiger partial charge in [0.2, 0.25) is 6.41 Å². The van der Waals surface area contributed by atoms with E-state index in [9.17, 15) is 18.0 Å². The van der Waals surface area contributed by atoms with Crippen molar-refractivity contribution in [2.75, 3.05) is 5.32 Å². The van der Waals surface area contributed by atoms with E-state index >= 15 is 0 Å². The van der Waals surface area contributed by atoms with E-state index < -0.39 is 11.7 Å². The summed E-state index contributed by atoms with van der Waals surface area (Å²) in [6.07, 6.45) is -1.95. The molecule has 1 N–H and O–H groups in total. The van der Waals surface area contributed by atoms with Gasteiger partial charge < -0.3 is 5.32 Å². The summed E-state index contributed by atoms with van der Waals surface area (Å²) >= 11 is 0. The number of nitrogens with one attached hydrogen (secondary N) is 1. The number of nitrogens with zero attached hydrogens (tertiary/aromatic N) is 3. The lowest BCUT2D eigenvalue weighted by atomic mass is 10.2. The lowest BCUT2D eigenvalue weighted by Crippen LogP contribution is -2.05. The summed E-state index contributed by atoms with van der Waals surface area (Å²) in [5.74, 6) is 0. The van der Waals surface area contributed by atoms with Crippen LogP contribution in [0, 0.1) is 0 Å². The lowest BCUT2D eigenvalue weighted by molar-refractivity contribution is -0.137. The summed E-state index contributed by atoms with van der Waals surface area (Å²) in [4.78, 5) is 10.7. The molecule has 2 aromatic heterocycles. The van der Waals surface area contributed by atoms with Gasteiger partial charge in [-0.1, -0.05) is 0 Å². The third kappa shape index (κ3) is 2.50. The molecule has 4 rings (SSSR count). The van der Waals surface area contributed by atoms with Crippen molar-refractivity contribution in [3.8, 4) is 5.69 Å². The second-order valence-electron chi connectivity index (χ2n) is 5.91. The van der Waals surface area contributed by atoms with Crippen LogP contribution in [0.1, 0.15) is 5.56 Å². The summed E-state index contributed by atoms with van der Waals surface area (Å²) in [5.41, 5.74) is 1.92. The molecule has 0 aliphatic heterocycles. The minimum Gasteiger partial charge on any atom is -0.329 e. The van der Waals surface area contributed by atoms with Crippen molar-refractivity contribution < 1.29 is 18.0 Å². The number of rotatable bonds is 3. The molecule has 4 aromatic rings. The first kappa shape index (κ1) is 16.2. The van der Waals surface area contributed by atoms with Crippen LogP contribution in [0.3, 0.4) is 0 Å². The highest BCUT2D eigenvalue weighted by molar-refractivity contribution is 6.09. The first-order chi connectivity index (χ1) is 12.4. The molecule has 0 saturated carbocycles. The largest absolute Gasteiger partial charge is 0.416 e. The lowest BCUT2D eigenvalue weighted by Gasteiger charge is -2.10. The van der Waals surface area contributed by atoms with Gasteiger partial charge in [0.05, 0.1) is 11.1 Å². The SMILES string of the molecule is Cn1cc2c3cc(NC=O)ccc3n(-c3ccc(C(F)(F)F)cc3)c2n1. The fourth-order valence-corrected chi connectivity index (χ4v) is 3.11. The molecule has 2 aromatic carbocycles. The van der Waals surface area contributed by atoms with Gasteiger partial charge in [-0.25, -0.2) is 0 Å². The Kier molecular flexibility index (Phi) is 3.50. The molecule has 2 heterocycles. The van der Waals surface area contributed by atoms with E-state index in [0.29, 0.717) is 23.4 Å². The zero-order chi connectivity index (χ0) is 18.5. The molecule has 0 unspecified atom stereocenters. The van der Waals surface area contributed by atoms with Gasteiger partial charge in [-0.3, -0.25) is 14.0 Å². The van der Waals surface area contributed by atoms with Crippen molar-refractivity contribution in [2.24, 2.45) is 7.05 Å². The Labute approximate surface area is 145 Å². The van der Waals surface area contributed by atoms with Gasteiger partial charge in [0.25, 0.3) is 0 Å². The molecule has 5 nitrogen and oxygen atoms in total. The van der Waals surface area contributed by atoms with Crippen LogP contribution in [0.15, 0.2) is 48.7 Å². The number of hydrogen-bond acceptors (Lipinski definition) is 2. The molecule has 8 heteroatoms. The standard InChI is InChI=1S/C18H13F3N4O/c1-24-9-15-14-8-12(22-10-26)4-7-16(14)25(17(15)23-24)13-5-2-11(3-6-13)18(19,20)21/h2-10H,1H3,(H,22,26). The van der Waals surface area contributed by atoms with Crippen LogP contribution in [0.4, 0.5) is 18.9 Å². The Hall–Kier alpha value is -3.29. The number of fused-ring (bicyclic) bond motifs is 3. The number of alkyl halides is 3. The summed E-state index contributed by atoms with van der Waals surface area (Å²) in [6, 6.07) is 10.3. The highest BCUT2D eigenvalue weighted by atomic mass is 19.4. The smallest absolute Gasteiger partial charge is 0.329 e. The minimum atomic E-state index is -4.38. The first-order valence-electron chi connectivity index (χ1n) is 7.74. The van der Waals surface area contributed by atoms with Crippen LogP contribution in [-0.2, 0) is 18.0 Å². The fraction of sp³-hybridized carbons (Fsp3) is 0.111. The van der Waals surface area contributed by atoms with Crippen LogP contribution in [0.2, 0.25) is 0 Å². The van der Waals surface area contributed by atoms with Crippen LogP contribution in [-0.4, -0.2) is 20.8 Å². The van der Waals surface area contributed by atoms with Crippen molar-refractivity contribution in [2.45, 2.75) is 6.18 Å². The van der Waals surface area contributed by atoms with Gasteiger partial charge in [-0.15, -0.1) is 0 Å². The average molecular weight is 358 g/mol. The number of anilines is 1. The Bertz CT molecular complexity index is 1120. The molecular weight excluding hydrogens is 345 g/mol. The minimum absolute atomic E-state index is 0.577. The topological polar surface area (TPSA) is 51.9 Å². The van der Waals surface area contributed by atoms with Gasteiger partial charge in [0, 0.05) is 35.4 Å².